The Balaban J connectivity index is 1.66. The van der Waals surface area contributed by atoms with E-state index in [1.807, 2.05) is 12.3 Å². The summed E-state index contributed by atoms with van der Waals surface area (Å²) in [6.07, 6.45) is 1.92. The van der Waals surface area contributed by atoms with Crippen molar-refractivity contribution >= 4 is 10.9 Å². The van der Waals surface area contributed by atoms with Crippen molar-refractivity contribution in [3.63, 3.8) is 0 Å². The van der Waals surface area contributed by atoms with Gasteiger partial charge in [-0.3, -0.25) is 5.10 Å². The maximum atomic E-state index is 4.41. The maximum Gasteiger partial charge on any atom is 0.134 e. The fourth-order valence-electron chi connectivity index (χ4n) is 2.94. The van der Waals surface area contributed by atoms with Crippen LogP contribution in [0.3, 0.4) is 0 Å². The number of aromatic nitrogens is 5. The number of nitrogens with zero attached hydrogens (tertiary/aromatic N) is 5. The standard InChI is InChI=1S/C19H20N6/c1-13-4-9-17-16(10-13)19(22-20-17)18-12-25(23-21-18)15-7-5-14(6-8-15)11-24(2)3/h4-10,12H,11H2,1-3H3,(H,20,22). The smallest absolute Gasteiger partial charge is 0.134 e. The monoisotopic (exact) mass is 332 g/mol. The predicted octanol–water partition coefficient (Wildman–Crippen LogP) is 3.18. The lowest BCUT2D eigenvalue weighted by atomic mass is 10.1. The Morgan fingerprint density at radius 1 is 1.08 bits per heavy atom. The van der Waals surface area contributed by atoms with Crippen LogP contribution < -0.4 is 0 Å². The Bertz CT molecular complexity index is 1010. The summed E-state index contributed by atoms with van der Waals surface area (Å²) in [4.78, 5) is 2.15. The zero-order valence-electron chi connectivity index (χ0n) is 14.6. The van der Waals surface area contributed by atoms with Crippen LogP contribution in [0.1, 0.15) is 11.1 Å². The summed E-state index contributed by atoms with van der Waals surface area (Å²) in [6, 6.07) is 14.6. The first-order chi connectivity index (χ1) is 12.1. The van der Waals surface area contributed by atoms with Crippen LogP contribution >= 0.6 is 0 Å². The van der Waals surface area contributed by atoms with Crippen molar-refractivity contribution < 1.29 is 0 Å². The van der Waals surface area contributed by atoms with Gasteiger partial charge in [-0.2, -0.15) is 5.10 Å². The summed E-state index contributed by atoms with van der Waals surface area (Å²) >= 11 is 0. The Labute approximate surface area is 146 Å². The molecule has 0 spiro atoms. The maximum absolute atomic E-state index is 4.41. The van der Waals surface area contributed by atoms with E-state index in [0.717, 1.165) is 34.5 Å². The van der Waals surface area contributed by atoms with Crippen molar-refractivity contribution in [1.29, 1.82) is 0 Å². The molecule has 0 saturated carbocycles. The molecule has 25 heavy (non-hydrogen) atoms. The Morgan fingerprint density at radius 3 is 2.64 bits per heavy atom. The summed E-state index contributed by atoms with van der Waals surface area (Å²) in [5, 5.41) is 17.1. The van der Waals surface area contributed by atoms with Crippen LogP contribution in [0.15, 0.2) is 48.7 Å². The van der Waals surface area contributed by atoms with Crippen molar-refractivity contribution in [2.75, 3.05) is 14.1 Å². The summed E-state index contributed by atoms with van der Waals surface area (Å²) in [6.45, 7) is 2.99. The molecule has 6 heteroatoms. The second-order valence-corrected chi connectivity index (χ2v) is 6.57. The average Bonchev–Trinajstić information content (AvgIpc) is 3.21. The highest BCUT2D eigenvalue weighted by Crippen LogP contribution is 2.25. The van der Waals surface area contributed by atoms with Crippen LogP contribution in [0.5, 0.6) is 0 Å². The topological polar surface area (TPSA) is 62.6 Å². The number of aromatic amines is 1. The minimum absolute atomic E-state index is 0.759. The summed E-state index contributed by atoms with van der Waals surface area (Å²) in [7, 11) is 4.13. The molecule has 4 rings (SSSR count). The minimum atomic E-state index is 0.759. The molecular weight excluding hydrogens is 312 g/mol. The Hall–Kier alpha value is -2.99. The number of fused-ring (bicyclic) bond motifs is 1. The first-order valence-corrected chi connectivity index (χ1v) is 8.21. The molecule has 0 atom stereocenters. The van der Waals surface area contributed by atoms with Gasteiger partial charge in [0.25, 0.3) is 0 Å². The molecule has 2 heterocycles. The molecule has 0 bridgehead atoms. The van der Waals surface area contributed by atoms with Gasteiger partial charge in [-0.05, 0) is 50.8 Å². The van der Waals surface area contributed by atoms with Gasteiger partial charge >= 0.3 is 0 Å². The molecule has 0 aliphatic heterocycles. The van der Waals surface area contributed by atoms with Gasteiger partial charge in [0.1, 0.15) is 11.4 Å². The van der Waals surface area contributed by atoms with E-state index < -0.39 is 0 Å². The number of rotatable bonds is 4. The van der Waals surface area contributed by atoms with Gasteiger partial charge in [-0.1, -0.05) is 29.0 Å². The van der Waals surface area contributed by atoms with Crippen LogP contribution in [0.2, 0.25) is 0 Å². The zero-order valence-corrected chi connectivity index (χ0v) is 14.6. The van der Waals surface area contributed by atoms with Gasteiger partial charge in [0.2, 0.25) is 0 Å². The number of aryl methyl sites for hydroxylation is 1. The molecule has 0 unspecified atom stereocenters. The molecule has 4 aromatic rings. The SMILES string of the molecule is Cc1ccc2[nH]nc(-c3cn(-c4ccc(CN(C)C)cc4)nn3)c2c1. The third kappa shape index (κ3) is 3.04. The van der Waals surface area contributed by atoms with Crippen molar-refractivity contribution in [1.82, 2.24) is 30.1 Å². The zero-order chi connectivity index (χ0) is 17.4. The lowest BCUT2D eigenvalue weighted by Crippen LogP contribution is -2.10. The highest BCUT2D eigenvalue weighted by Gasteiger charge is 2.12. The van der Waals surface area contributed by atoms with E-state index in [0.29, 0.717) is 0 Å². The van der Waals surface area contributed by atoms with Gasteiger partial charge in [-0.15, -0.1) is 5.10 Å². The first kappa shape index (κ1) is 15.5. The highest BCUT2D eigenvalue weighted by atomic mass is 15.4. The lowest BCUT2D eigenvalue weighted by molar-refractivity contribution is 0.402. The van der Waals surface area contributed by atoms with Crippen molar-refractivity contribution in [3.05, 3.63) is 59.8 Å². The fraction of sp³-hybridized carbons (Fsp3) is 0.211. The molecule has 6 nitrogen and oxygen atoms in total. The van der Waals surface area contributed by atoms with Crippen molar-refractivity contribution in [2.24, 2.45) is 0 Å². The quantitative estimate of drug-likeness (QED) is 0.623. The number of H-pyrrole nitrogens is 1. The number of hydrogen-bond acceptors (Lipinski definition) is 4. The first-order valence-electron chi connectivity index (χ1n) is 8.21. The molecule has 0 saturated heterocycles. The molecule has 0 aliphatic carbocycles. The molecule has 0 amide bonds. The van der Waals surface area contributed by atoms with Gasteiger partial charge in [-0.25, -0.2) is 4.68 Å². The Morgan fingerprint density at radius 2 is 1.88 bits per heavy atom. The molecular formula is C19H20N6. The van der Waals surface area contributed by atoms with E-state index in [-0.39, 0.29) is 0 Å². The van der Waals surface area contributed by atoms with Crippen molar-refractivity contribution in [2.45, 2.75) is 13.5 Å². The number of hydrogen-bond donors (Lipinski definition) is 1. The molecule has 0 radical (unpaired) electrons. The summed E-state index contributed by atoms with van der Waals surface area (Å²) in [5.74, 6) is 0. The van der Waals surface area contributed by atoms with E-state index in [1.165, 1.54) is 11.1 Å². The highest BCUT2D eigenvalue weighted by molar-refractivity contribution is 5.92. The minimum Gasteiger partial charge on any atom is -0.305 e. The fourth-order valence-corrected chi connectivity index (χ4v) is 2.94. The summed E-state index contributed by atoms with van der Waals surface area (Å²) < 4.78 is 1.78. The van der Waals surface area contributed by atoms with Crippen molar-refractivity contribution in [3.8, 4) is 17.1 Å². The van der Waals surface area contributed by atoms with E-state index in [9.17, 15) is 0 Å². The average molecular weight is 332 g/mol. The van der Waals surface area contributed by atoms with E-state index in [4.69, 9.17) is 0 Å². The number of benzene rings is 2. The molecule has 126 valence electrons. The van der Waals surface area contributed by atoms with Gasteiger partial charge in [0.15, 0.2) is 0 Å². The van der Waals surface area contributed by atoms with Crippen LogP contribution in [-0.4, -0.2) is 44.2 Å². The second kappa shape index (κ2) is 6.14. The van der Waals surface area contributed by atoms with Gasteiger partial charge in [0.05, 0.1) is 17.4 Å². The van der Waals surface area contributed by atoms with E-state index >= 15 is 0 Å². The molecule has 0 aliphatic rings. The third-order valence-corrected chi connectivity index (χ3v) is 4.15. The summed E-state index contributed by atoms with van der Waals surface area (Å²) in [5.41, 5.74) is 6.03. The van der Waals surface area contributed by atoms with E-state index in [2.05, 4.69) is 82.8 Å². The van der Waals surface area contributed by atoms with Gasteiger partial charge < -0.3 is 4.90 Å². The second-order valence-electron chi connectivity index (χ2n) is 6.57. The van der Waals surface area contributed by atoms with Crippen LogP contribution in [0.4, 0.5) is 0 Å². The Kier molecular flexibility index (Phi) is 3.82. The largest absolute Gasteiger partial charge is 0.305 e. The molecule has 2 aromatic carbocycles. The predicted molar refractivity (Wildman–Crippen MR) is 98.6 cm³/mol. The van der Waals surface area contributed by atoms with Crippen LogP contribution in [0, 0.1) is 6.92 Å². The van der Waals surface area contributed by atoms with Crippen LogP contribution in [0.25, 0.3) is 28.0 Å². The number of nitrogens with one attached hydrogen (secondary N) is 1. The van der Waals surface area contributed by atoms with E-state index in [1.54, 1.807) is 4.68 Å². The normalized spacial score (nSPS) is 11.5. The molecule has 0 fully saturated rings. The van der Waals surface area contributed by atoms with Crippen LogP contribution in [-0.2, 0) is 6.54 Å². The van der Waals surface area contributed by atoms with Gasteiger partial charge in [0, 0.05) is 11.9 Å². The third-order valence-electron chi connectivity index (χ3n) is 4.15. The molecule has 2 aromatic heterocycles. The lowest BCUT2D eigenvalue weighted by Gasteiger charge is -2.09. The molecule has 1 N–H and O–H groups in total.